The Hall–Kier alpha value is -1.88. The van der Waals surface area contributed by atoms with Crippen molar-refractivity contribution < 1.29 is 9.59 Å². The molecule has 0 fully saturated rings. The van der Waals surface area contributed by atoms with E-state index in [1.54, 1.807) is 29.2 Å². The van der Waals surface area contributed by atoms with Gasteiger partial charge in [-0.1, -0.05) is 13.8 Å². The van der Waals surface area contributed by atoms with Gasteiger partial charge in [-0.2, -0.15) is 0 Å². The van der Waals surface area contributed by atoms with Crippen molar-refractivity contribution in [2.24, 2.45) is 5.92 Å². The van der Waals surface area contributed by atoms with Crippen molar-refractivity contribution in [2.75, 3.05) is 31.3 Å². The van der Waals surface area contributed by atoms with E-state index < -0.39 is 0 Å². The third-order valence-electron chi connectivity index (χ3n) is 2.42. The van der Waals surface area contributed by atoms with Crippen LogP contribution < -0.4 is 10.6 Å². The molecule has 0 aliphatic heterocycles. The molecule has 0 atom stereocenters. The molecular weight excluding hydrogens is 242 g/mol. The zero-order chi connectivity index (χ0) is 14.4. The van der Waals surface area contributed by atoms with Gasteiger partial charge in [-0.25, -0.2) is 0 Å². The summed E-state index contributed by atoms with van der Waals surface area (Å²) in [5.41, 5.74) is 1.44. The number of hydrogen-bond donors (Lipinski definition) is 2. The molecule has 1 aromatic carbocycles. The van der Waals surface area contributed by atoms with Crippen molar-refractivity contribution >= 4 is 23.2 Å². The predicted molar refractivity (Wildman–Crippen MR) is 77.1 cm³/mol. The number of amides is 2. The number of likely N-dealkylation sites (N-methyl/N-ethyl adjacent to an activating group) is 1. The zero-order valence-electron chi connectivity index (χ0n) is 11.9. The normalized spacial score (nSPS) is 10.6. The molecule has 0 saturated carbocycles. The number of nitrogens with one attached hydrogen (secondary N) is 2. The first-order valence-corrected chi connectivity index (χ1v) is 6.24. The van der Waals surface area contributed by atoms with Gasteiger partial charge in [-0.15, -0.1) is 0 Å². The van der Waals surface area contributed by atoms with Crippen LogP contribution in [0.3, 0.4) is 0 Å². The molecule has 0 aromatic heterocycles. The summed E-state index contributed by atoms with van der Waals surface area (Å²) in [6.45, 7) is 4.02. The van der Waals surface area contributed by atoms with Crippen LogP contribution in [-0.4, -0.2) is 37.4 Å². The lowest BCUT2D eigenvalue weighted by Gasteiger charge is -2.11. The van der Waals surface area contributed by atoms with Gasteiger partial charge < -0.3 is 15.5 Å². The van der Waals surface area contributed by atoms with Crippen LogP contribution in [0.1, 0.15) is 13.8 Å². The Labute approximate surface area is 114 Å². The van der Waals surface area contributed by atoms with Gasteiger partial charge >= 0.3 is 0 Å². The highest BCUT2D eigenvalue weighted by Crippen LogP contribution is 2.14. The predicted octanol–water partition coefficient (Wildman–Crippen LogP) is 1.78. The van der Waals surface area contributed by atoms with Crippen molar-refractivity contribution in [3.8, 4) is 0 Å². The molecule has 2 amide bonds. The monoisotopic (exact) mass is 263 g/mol. The molecule has 1 rings (SSSR count). The van der Waals surface area contributed by atoms with Gasteiger partial charge in [0.2, 0.25) is 11.8 Å². The van der Waals surface area contributed by atoms with Crippen molar-refractivity contribution in [1.82, 2.24) is 4.90 Å². The maximum absolute atomic E-state index is 11.6. The Morgan fingerprint density at radius 3 is 1.95 bits per heavy atom. The second-order valence-corrected chi connectivity index (χ2v) is 5.01. The molecule has 0 unspecified atom stereocenters. The van der Waals surface area contributed by atoms with Crippen LogP contribution in [-0.2, 0) is 9.59 Å². The lowest BCUT2D eigenvalue weighted by Crippen LogP contribution is -2.27. The van der Waals surface area contributed by atoms with Gasteiger partial charge in [0.05, 0.1) is 6.54 Å². The molecule has 2 N–H and O–H groups in total. The highest BCUT2D eigenvalue weighted by molar-refractivity contribution is 5.94. The van der Waals surface area contributed by atoms with E-state index in [0.29, 0.717) is 6.54 Å². The van der Waals surface area contributed by atoms with E-state index in [2.05, 4.69) is 10.6 Å². The minimum Gasteiger partial charge on any atom is -0.326 e. The van der Waals surface area contributed by atoms with Crippen molar-refractivity contribution in [1.29, 1.82) is 0 Å². The summed E-state index contributed by atoms with van der Waals surface area (Å²) in [7, 11) is 3.67. The van der Waals surface area contributed by atoms with Crippen LogP contribution in [0.15, 0.2) is 24.3 Å². The van der Waals surface area contributed by atoms with E-state index in [1.165, 1.54) is 0 Å². The first-order chi connectivity index (χ1) is 8.88. The summed E-state index contributed by atoms with van der Waals surface area (Å²) in [6, 6.07) is 7.07. The fourth-order valence-electron chi connectivity index (χ4n) is 1.41. The molecule has 0 radical (unpaired) electrons. The fraction of sp³-hybridized carbons (Fsp3) is 0.429. The molecule has 0 spiro atoms. The smallest absolute Gasteiger partial charge is 0.238 e. The zero-order valence-corrected chi connectivity index (χ0v) is 11.9. The number of rotatable bonds is 5. The quantitative estimate of drug-likeness (QED) is 0.851. The molecule has 0 bridgehead atoms. The van der Waals surface area contributed by atoms with Crippen molar-refractivity contribution in [2.45, 2.75) is 13.8 Å². The van der Waals surface area contributed by atoms with Gasteiger partial charge in [-0.05, 0) is 38.4 Å². The van der Waals surface area contributed by atoms with E-state index in [9.17, 15) is 9.59 Å². The fourth-order valence-corrected chi connectivity index (χ4v) is 1.41. The van der Waals surface area contributed by atoms with Crippen molar-refractivity contribution in [3.63, 3.8) is 0 Å². The lowest BCUT2D eigenvalue weighted by molar-refractivity contribution is -0.119. The molecule has 104 valence electrons. The van der Waals surface area contributed by atoms with Crippen LogP contribution in [0.2, 0.25) is 0 Å². The number of anilines is 2. The van der Waals surface area contributed by atoms with E-state index >= 15 is 0 Å². The highest BCUT2D eigenvalue weighted by atomic mass is 16.2. The standard InChI is InChI=1S/C14H21N3O2/c1-10(2)14(19)16-12-7-5-11(6-8-12)15-13(18)9-17(3)4/h5-8,10H,9H2,1-4H3,(H,15,18)(H,16,19). The third-order valence-corrected chi connectivity index (χ3v) is 2.42. The number of carbonyl (C=O) groups excluding carboxylic acids is 2. The first-order valence-electron chi connectivity index (χ1n) is 6.24. The molecule has 0 aliphatic carbocycles. The number of nitrogens with zero attached hydrogens (tertiary/aromatic N) is 1. The van der Waals surface area contributed by atoms with E-state index in [0.717, 1.165) is 11.4 Å². The summed E-state index contributed by atoms with van der Waals surface area (Å²) < 4.78 is 0. The lowest BCUT2D eigenvalue weighted by atomic mass is 10.2. The summed E-state index contributed by atoms with van der Waals surface area (Å²) in [5.74, 6) is -0.146. The minimum atomic E-state index is -0.0658. The summed E-state index contributed by atoms with van der Waals surface area (Å²) in [6.07, 6.45) is 0. The molecule has 0 aliphatic rings. The molecular formula is C14H21N3O2. The summed E-state index contributed by atoms with van der Waals surface area (Å²) in [4.78, 5) is 24.9. The van der Waals surface area contributed by atoms with Gasteiger partial charge in [0.15, 0.2) is 0 Å². The topological polar surface area (TPSA) is 61.4 Å². The van der Waals surface area contributed by atoms with Gasteiger partial charge in [-0.3, -0.25) is 9.59 Å². The number of carbonyl (C=O) groups is 2. The average molecular weight is 263 g/mol. The van der Waals surface area contributed by atoms with Crippen LogP contribution in [0.4, 0.5) is 11.4 Å². The minimum absolute atomic E-state index is 0.0237. The highest BCUT2D eigenvalue weighted by Gasteiger charge is 2.07. The Kier molecular flexibility index (Phi) is 5.51. The van der Waals surface area contributed by atoms with Gasteiger partial charge in [0, 0.05) is 17.3 Å². The SMILES string of the molecule is CC(C)C(=O)Nc1ccc(NC(=O)CN(C)C)cc1. The van der Waals surface area contributed by atoms with Crippen LogP contribution >= 0.6 is 0 Å². The summed E-state index contributed by atoms with van der Waals surface area (Å²) in [5, 5.41) is 5.58. The Morgan fingerprint density at radius 2 is 1.53 bits per heavy atom. The molecule has 19 heavy (non-hydrogen) atoms. The Balaban J connectivity index is 2.57. The van der Waals surface area contributed by atoms with Crippen LogP contribution in [0.25, 0.3) is 0 Å². The van der Waals surface area contributed by atoms with Crippen molar-refractivity contribution in [3.05, 3.63) is 24.3 Å². The maximum atomic E-state index is 11.6. The van der Waals surface area contributed by atoms with Crippen LogP contribution in [0, 0.1) is 5.92 Å². The molecule has 5 heteroatoms. The molecule has 1 aromatic rings. The summed E-state index contributed by atoms with van der Waals surface area (Å²) >= 11 is 0. The molecule has 5 nitrogen and oxygen atoms in total. The molecule has 0 heterocycles. The van der Waals surface area contributed by atoms with Gasteiger partial charge in [0.1, 0.15) is 0 Å². The third kappa shape index (κ3) is 5.52. The molecule has 0 saturated heterocycles. The first kappa shape index (κ1) is 15.2. The second-order valence-electron chi connectivity index (χ2n) is 5.01. The van der Waals surface area contributed by atoms with E-state index in [4.69, 9.17) is 0 Å². The largest absolute Gasteiger partial charge is 0.326 e. The van der Waals surface area contributed by atoms with Crippen LogP contribution in [0.5, 0.6) is 0 Å². The number of hydrogen-bond acceptors (Lipinski definition) is 3. The second kappa shape index (κ2) is 6.89. The van der Waals surface area contributed by atoms with E-state index in [-0.39, 0.29) is 17.7 Å². The maximum Gasteiger partial charge on any atom is 0.238 e. The number of benzene rings is 1. The van der Waals surface area contributed by atoms with E-state index in [1.807, 2.05) is 27.9 Å². The average Bonchev–Trinajstić information content (AvgIpc) is 2.30. The van der Waals surface area contributed by atoms with Gasteiger partial charge in [0.25, 0.3) is 0 Å². The Morgan fingerprint density at radius 1 is 1.05 bits per heavy atom. The Bertz CT molecular complexity index is 439.